The Morgan fingerprint density at radius 3 is 2.07 bits per heavy atom. The van der Waals surface area contributed by atoms with Crippen LogP contribution in [-0.2, 0) is 0 Å². The fourth-order valence-corrected chi connectivity index (χ4v) is 1.30. The lowest BCUT2D eigenvalue weighted by Gasteiger charge is -2.16. The molecule has 15 heavy (non-hydrogen) atoms. The zero-order valence-corrected chi connectivity index (χ0v) is 8.64. The molecule has 0 saturated carbocycles. The van der Waals surface area contributed by atoms with Crippen LogP contribution in [-0.4, -0.2) is 28.5 Å². The van der Waals surface area contributed by atoms with E-state index in [-0.39, 0.29) is 17.2 Å². The molecule has 84 valence electrons. The Morgan fingerprint density at radius 2 is 1.73 bits per heavy atom. The Kier molecular flexibility index (Phi) is 3.39. The second-order valence-electron chi connectivity index (χ2n) is 3.40. The smallest absolute Gasteiger partial charge is 0.202 e. The molecule has 0 amide bonds. The van der Waals surface area contributed by atoms with Crippen molar-refractivity contribution in [2.75, 3.05) is 7.11 Å². The minimum absolute atomic E-state index is 0.0179. The molecule has 0 aromatic heterocycles. The van der Waals surface area contributed by atoms with Crippen molar-refractivity contribution < 1.29 is 20.1 Å². The lowest BCUT2D eigenvalue weighted by Crippen LogP contribution is -2.24. The van der Waals surface area contributed by atoms with E-state index in [2.05, 4.69) is 0 Å². The predicted molar refractivity (Wildman–Crippen MR) is 54.9 cm³/mol. The molecule has 0 saturated heterocycles. The second kappa shape index (κ2) is 4.37. The highest BCUT2D eigenvalue weighted by atomic mass is 16.5. The summed E-state index contributed by atoms with van der Waals surface area (Å²) >= 11 is 0. The second-order valence-corrected chi connectivity index (χ2v) is 3.40. The summed E-state index contributed by atoms with van der Waals surface area (Å²) < 4.78 is 4.76. The van der Waals surface area contributed by atoms with Crippen LogP contribution in [0.3, 0.4) is 0 Å². The Labute approximate surface area is 87.7 Å². The van der Waals surface area contributed by atoms with Gasteiger partial charge in [0.2, 0.25) is 5.75 Å². The third kappa shape index (κ3) is 2.31. The van der Waals surface area contributed by atoms with Crippen molar-refractivity contribution in [1.82, 2.24) is 0 Å². The Balaban J connectivity index is 3.14. The minimum atomic E-state index is -0.937. The van der Waals surface area contributed by atoms with Gasteiger partial charge in [-0.05, 0) is 24.6 Å². The number of methoxy groups -OCH3 is 1. The molecule has 5 N–H and O–H groups in total. The molecule has 0 bridgehead atoms. The van der Waals surface area contributed by atoms with Crippen LogP contribution in [0.5, 0.6) is 17.2 Å². The van der Waals surface area contributed by atoms with Gasteiger partial charge in [-0.1, -0.05) is 0 Å². The van der Waals surface area contributed by atoms with Gasteiger partial charge in [0.25, 0.3) is 0 Å². The highest BCUT2D eigenvalue weighted by Gasteiger charge is 2.17. The van der Waals surface area contributed by atoms with Gasteiger partial charge in [0.1, 0.15) is 0 Å². The van der Waals surface area contributed by atoms with Gasteiger partial charge in [0, 0.05) is 6.04 Å². The quantitative estimate of drug-likeness (QED) is 0.586. The van der Waals surface area contributed by atoms with Crippen molar-refractivity contribution in [2.24, 2.45) is 5.73 Å². The third-order valence-corrected chi connectivity index (χ3v) is 2.12. The van der Waals surface area contributed by atoms with Gasteiger partial charge in [0.15, 0.2) is 11.5 Å². The summed E-state index contributed by atoms with van der Waals surface area (Å²) in [7, 11) is 1.33. The van der Waals surface area contributed by atoms with Crippen molar-refractivity contribution in [3.05, 3.63) is 17.7 Å². The molecule has 5 heteroatoms. The van der Waals surface area contributed by atoms with E-state index in [1.54, 1.807) is 6.92 Å². The first-order valence-electron chi connectivity index (χ1n) is 4.51. The standard InChI is InChI=1S/C10H15NO4/c1-5(11)9(14)6-3-7(12)10(15-2)8(13)4-6/h3-5,9,12-14H,11H2,1-2H3/t5-,9-/m1/s1. The number of nitrogens with two attached hydrogens (primary N) is 1. The zero-order valence-electron chi connectivity index (χ0n) is 8.64. The molecule has 2 atom stereocenters. The molecule has 0 spiro atoms. The van der Waals surface area contributed by atoms with Gasteiger partial charge in [0.05, 0.1) is 13.2 Å². The number of aromatic hydroxyl groups is 2. The van der Waals surface area contributed by atoms with E-state index in [9.17, 15) is 15.3 Å². The van der Waals surface area contributed by atoms with E-state index < -0.39 is 12.1 Å². The number of hydrogen-bond donors (Lipinski definition) is 4. The SMILES string of the molecule is COc1c(O)cc([C@H](O)[C@@H](C)N)cc1O. The number of rotatable bonds is 3. The van der Waals surface area contributed by atoms with Crippen molar-refractivity contribution in [3.63, 3.8) is 0 Å². The molecule has 0 unspecified atom stereocenters. The monoisotopic (exact) mass is 213 g/mol. The normalized spacial score (nSPS) is 14.7. The molecule has 0 aliphatic heterocycles. The van der Waals surface area contributed by atoms with Crippen LogP contribution in [0, 0.1) is 0 Å². The summed E-state index contributed by atoms with van der Waals surface area (Å²) in [6.07, 6.45) is -0.937. The van der Waals surface area contributed by atoms with Crippen LogP contribution in [0.1, 0.15) is 18.6 Å². The fourth-order valence-electron chi connectivity index (χ4n) is 1.30. The summed E-state index contributed by atoms with van der Waals surface area (Å²) in [5.41, 5.74) is 5.84. The summed E-state index contributed by atoms with van der Waals surface area (Å²) in [6, 6.07) is 2.14. The first-order valence-corrected chi connectivity index (χ1v) is 4.51. The average Bonchev–Trinajstić information content (AvgIpc) is 2.15. The maximum Gasteiger partial charge on any atom is 0.202 e. The molecule has 0 heterocycles. The fraction of sp³-hybridized carbons (Fsp3) is 0.400. The number of phenolic OH excluding ortho intramolecular Hbond substituents is 2. The number of benzene rings is 1. The summed E-state index contributed by atoms with van der Waals surface area (Å²) in [6.45, 7) is 1.63. The number of ether oxygens (including phenoxy) is 1. The molecule has 1 rings (SSSR count). The number of phenols is 2. The number of aliphatic hydroxyl groups is 1. The molecular weight excluding hydrogens is 198 g/mol. The van der Waals surface area contributed by atoms with Gasteiger partial charge in [-0.2, -0.15) is 0 Å². The highest BCUT2D eigenvalue weighted by Crippen LogP contribution is 2.38. The Bertz CT molecular complexity index is 328. The highest BCUT2D eigenvalue weighted by molar-refractivity contribution is 5.52. The largest absolute Gasteiger partial charge is 0.504 e. The number of hydrogen-bond acceptors (Lipinski definition) is 5. The Morgan fingerprint density at radius 1 is 1.27 bits per heavy atom. The van der Waals surface area contributed by atoms with Gasteiger partial charge in [-0.15, -0.1) is 0 Å². The van der Waals surface area contributed by atoms with Crippen LogP contribution in [0.25, 0.3) is 0 Å². The van der Waals surface area contributed by atoms with E-state index in [0.29, 0.717) is 5.56 Å². The average molecular weight is 213 g/mol. The molecule has 0 radical (unpaired) electrons. The van der Waals surface area contributed by atoms with Crippen molar-refractivity contribution in [2.45, 2.75) is 19.1 Å². The van der Waals surface area contributed by atoms with Crippen molar-refractivity contribution in [1.29, 1.82) is 0 Å². The lowest BCUT2D eigenvalue weighted by atomic mass is 10.0. The summed E-state index contributed by atoms with van der Waals surface area (Å²) in [5.74, 6) is -0.477. The first-order chi connectivity index (χ1) is 6.97. The molecule has 5 nitrogen and oxygen atoms in total. The molecular formula is C10H15NO4. The molecule has 1 aromatic rings. The number of aliphatic hydroxyl groups excluding tert-OH is 1. The molecule has 0 aliphatic rings. The summed E-state index contributed by atoms with van der Waals surface area (Å²) in [5, 5.41) is 28.6. The van der Waals surface area contributed by atoms with Crippen LogP contribution in [0.15, 0.2) is 12.1 Å². The van der Waals surface area contributed by atoms with Gasteiger partial charge in [-0.3, -0.25) is 0 Å². The molecule has 0 aliphatic carbocycles. The maximum absolute atomic E-state index is 9.62. The third-order valence-electron chi connectivity index (χ3n) is 2.12. The van der Waals surface area contributed by atoms with Crippen LogP contribution < -0.4 is 10.5 Å². The van der Waals surface area contributed by atoms with Crippen molar-refractivity contribution in [3.8, 4) is 17.2 Å². The Hall–Kier alpha value is -1.46. The first kappa shape index (κ1) is 11.6. The van der Waals surface area contributed by atoms with E-state index in [1.165, 1.54) is 19.2 Å². The molecule has 1 aromatic carbocycles. The topological polar surface area (TPSA) is 95.9 Å². The zero-order chi connectivity index (χ0) is 11.6. The van der Waals surface area contributed by atoms with Crippen molar-refractivity contribution >= 4 is 0 Å². The van der Waals surface area contributed by atoms with Gasteiger partial charge >= 0.3 is 0 Å². The summed E-state index contributed by atoms with van der Waals surface area (Å²) in [4.78, 5) is 0. The van der Waals surface area contributed by atoms with E-state index in [4.69, 9.17) is 10.5 Å². The van der Waals surface area contributed by atoms with Crippen LogP contribution in [0.2, 0.25) is 0 Å². The van der Waals surface area contributed by atoms with E-state index in [0.717, 1.165) is 0 Å². The maximum atomic E-state index is 9.62. The van der Waals surface area contributed by atoms with Gasteiger partial charge < -0.3 is 25.8 Å². The molecule has 0 fully saturated rings. The van der Waals surface area contributed by atoms with Crippen LogP contribution >= 0.6 is 0 Å². The lowest BCUT2D eigenvalue weighted by molar-refractivity contribution is 0.152. The van der Waals surface area contributed by atoms with Crippen LogP contribution in [0.4, 0.5) is 0 Å². The van der Waals surface area contributed by atoms with Gasteiger partial charge in [-0.25, -0.2) is 0 Å². The minimum Gasteiger partial charge on any atom is -0.504 e. The van der Waals surface area contributed by atoms with E-state index >= 15 is 0 Å². The van der Waals surface area contributed by atoms with E-state index in [1.807, 2.05) is 0 Å². The predicted octanol–water partition coefficient (Wildman–Crippen LogP) is 0.487.